The molecule has 0 aromatic rings. The molecule has 0 heterocycles. The molecule has 0 bridgehead atoms. The molecule has 3 heteroatoms. The molecule has 0 aliphatic carbocycles. The number of guanidine groups is 1. The average molecular weight is 241 g/mol. The van der Waals surface area contributed by atoms with E-state index in [1.807, 2.05) is 0 Å². The third-order valence-electron chi connectivity index (χ3n) is 2.81. The van der Waals surface area contributed by atoms with Crippen molar-refractivity contribution in [3.05, 3.63) is 0 Å². The summed E-state index contributed by atoms with van der Waals surface area (Å²) in [7, 11) is 2.13. The van der Waals surface area contributed by atoms with Crippen LogP contribution in [0, 0.1) is 0 Å². The van der Waals surface area contributed by atoms with Crippen LogP contribution < -0.4 is 0 Å². The van der Waals surface area contributed by atoms with Gasteiger partial charge in [-0.2, -0.15) is 0 Å². The molecule has 0 unspecified atom stereocenters. The van der Waals surface area contributed by atoms with Gasteiger partial charge >= 0.3 is 0 Å². The predicted octanol–water partition coefficient (Wildman–Crippen LogP) is 3.21. The van der Waals surface area contributed by atoms with Crippen molar-refractivity contribution in [1.82, 2.24) is 9.80 Å². The second kappa shape index (κ2) is 6.87. The van der Waals surface area contributed by atoms with Crippen LogP contribution in [-0.4, -0.2) is 47.0 Å². The Morgan fingerprint density at radius 2 is 1.18 bits per heavy atom. The van der Waals surface area contributed by atoms with Crippen LogP contribution >= 0.6 is 0 Å². The highest BCUT2D eigenvalue weighted by molar-refractivity contribution is 5.81. The standard InChI is InChI=1S/C14H31N3/c1-10(2)15-14(16(9)11(3)4)17(12(5)6)13(7)8/h10-13H,1-9H3. The molecule has 0 aliphatic rings. The maximum Gasteiger partial charge on any atom is 0.197 e. The molecule has 0 aliphatic heterocycles. The Kier molecular flexibility index (Phi) is 6.58. The van der Waals surface area contributed by atoms with Crippen molar-refractivity contribution in [2.75, 3.05) is 7.05 Å². The van der Waals surface area contributed by atoms with E-state index >= 15 is 0 Å². The highest BCUT2D eigenvalue weighted by Crippen LogP contribution is 2.12. The molecule has 0 amide bonds. The van der Waals surface area contributed by atoms with Gasteiger partial charge < -0.3 is 9.80 Å². The highest BCUT2D eigenvalue weighted by Gasteiger charge is 2.23. The summed E-state index contributed by atoms with van der Waals surface area (Å²) in [5, 5.41) is 0. The Hall–Kier alpha value is -0.730. The topological polar surface area (TPSA) is 18.8 Å². The molecular weight excluding hydrogens is 210 g/mol. The molecule has 102 valence electrons. The van der Waals surface area contributed by atoms with Gasteiger partial charge in [0.05, 0.1) is 0 Å². The van der Waals surface area contributed by atoms with Crippen molar-refractivity contribution >= 4 is 5.96 Å². The van der Waals surface area contributed by atoms with E-state index in [4.69, 9.17) is 4.99 Å². The lowest BCUT2D eigenvalue weighted by molar-refractivity contribution is 0.237. The van der Waals surface area contributed by atoms with Crippen LogP contribution in [0.1, 0.15) is 55.4 Å². The molecule has 0 spiro atoms. The molecule has 3 nitrogen and oxygen atoms in total. The predicted molar refractivity (Wildman–Crippen MR) is 77.6 cm³/mol. The van der Waals surface area contributed by atoms with E-state index in [1.54, 1.807) is 0 Å². The van der Waals surface area contributed by atoms with Crippen molar-refractivity contribution in [3.8, 4) is 0 Å². The molecule has 0 fully saturated rings. The first-order valence-electron chi connectivity index (χ1n) is 6.77. The minimum Gasteiger partial charge on any atom is -0.343 e. The Labute approximate surface area is 108 Å². The first-order valence-corrected chi connectivity index (χ1v) is 6.77. The van der Waals surface area contributed by atoms with Crippen molar-refractivity contribution in [3.63, 3.8) is 0 Å². The summed E-state index contributed by atoms with van der Waals surface area (Å²) in [5.74, 6) is 1.11. The molecule has 0 saturated carbocycles. The van der Waals surface area contributed by atoms with Crippen LogP contribution in [0.4, 0.5) is 0 Å². The van der Waals surface area contributed by atoms with Gasteiger partial charge in [-0.15, -0.1) is 0 Å². The molecular formula is C14H31N3. The van der Waals surface area contributed by atoms with Gasteiger partial charge in [0, 0.05) is 31.2 Å². The van der Waals surface area contributed by atoms with E-state index in [0.29, 0.717) is 24.2 Å². The van der Waals surface area contributed by atoms with Gasteiger partial charge in [0.2, 0.25) is 0 Å². The molecule has 0 aromatic heterocycles. The van der Waals surface area contributed by atoms with E-state index in [-0.39, 0.29) is 0 Å². The van der Waals surface area contributed by atoms with Crippen molar-refractivity contribution in [1.29, 1.82) is 0 Å². The van der Waals surface area contributed by atoms with Crippen molar-refractivity contribution in [2.45, 2.75) is 79.6 Å². The van der Waals surface area contributed by atoms with Crippen LogP contribution in [0.15, 0.2) is 4.99 Å². The Morgan fingerprint density at radius 1 is 0.765 bits per heavy atom. The van der Waals surface area contributed by atoms with E-state index < -0.39 is 0 Å². The summed E-state index contributed by atoms with van der Waals surface area (Å²) in [6, 6.07) is 1.72. The molecule has 17 heavy (non-hydrogen) atoms. The maximum absolute atomic E-state index is 4.81. The Bertz CT molecular complexity index is 234. The lowest BCUT2D eigenvalue weighted by Crippen LogP contribution is -2.51. The summed E-state index contributed by atoms with van der Waals surface area (Å²) in [5.41, 5.74) is 0. The second-order valence-corrected chi connectivity index (χ2v) is 5.82. The van der Waals surface area contributed by atoms with E-state index in [1.165, 1.54) is 0 Å². The van der Waals surface area contributed by atoms with Gasteiger partial charge in [0.15, 0.2) is 5.96 Å². The number of hydrogen-bond donors (Lipinski definition) is 0. The summed E-state index contributed by atoms with van der Waals surface area (Å²) in [4.78, 5) is 9.46. The maximum atomic E-state index is 4.81. The fraction of sp³-hybridized carbons (Fsp3) is 0.929. The quantitative estimate of drug-likeness (QED) is 0.556. The molecule has 0 saturated heterocycles. The first kappa shape index (κ1) is 16.3. The van der Waals surface area contributed by atoms with Gasteiger partial charge in [0.25, 0.3) is 0 Å². The van der Waals surface area contributed by atoms with Crippen LogP contribution in [0.25, 0.3) is 0 Å². The Morgan fingerprint density at radius 3 is 1.41 bits per heavy atom. The normalized spacial score (nSPS) is 13.1. The summed E-state index contributed by atoms with van der Waals surface area (Å²) in [6.07, 6.45) is 0. The van der Waals surface area contributed by atoms with Crippen molar-refractivity contribution < 1.29 is 0 Å². The van der Waals surface area contributed by atoms with E-state index in [2.05, 4.69) is 72.2 Å². The van der Waals surface area contributed by atoms with E-state index in [0.717, 1.165) is 5.96 Å². The molecule has 0 N–H and O–H groups in total. The minimum absolute atomic E-state index is 0.325. The smallest absolute Gasteiger partial charge is 0.197 e. The highest BCUT2D eigenvalue weighted by atomic mass is 15.4. The third-order valence-corrected chi connectivity index (χ3v) is 2.81. The zero-order valence-corrected chi connectivity index (χ0v) is 13.2. The number of hydrogen-bond acceptors (Lipinski definition) is 1. The summed E-state index contributed by atoms with van der Waals surface area (Å²) < 4.78 is 0. The lowest BCUT2D eigenvalue weighted by Gasteiger charge is -2.40. The van der Waals surface area contributed by atoms with Gasteiger partial charge in [-0.05, 0) is 55.4 Å². The van der Waals surface area contributed by atoms with Gasteiger partial charge in [-0.1, -0.05) is 0 Å². The fourth-order valence-electron chi connectivity index (χ4n) is 1.86. The average Bonchev–Trinajstić information content (AvgIpc) is 2.13. The lowest BCUT2D eigenvalue weighted by atomic mass is 10.2. The molecule has 0 radical (unpaired) electrons. The van der Waals surface area contributed by atoms with Crippen LogP contribution in [0.2, 0.25) is 0 Å². The minimum atomic E-state index is 0.325. The SMILES string of the molecule is CC(C)N=C(N(C)C(C)C)N(C(C)C)C(C)C. The fourth-order valence-corrected chi connectivity index (χ4v) is 1.86. The molecule has 0 atom stereocenters. The van der Waals surface area contributed by atoms with Crippen LogP contribution in [0.3, 0.4) is 0 Å². The number of nitrogens with zero attached hydrogens (tertiary/aromatic N) is 3. The summed E-state index contributed by atoms with van der Waals surface area (Å²) in [6.45, 7) is 17.6. The largest absolute Gasteiger partial charge is 0.343 e. The van der Waals surface area contributed by atoms with Gasteiger partial charge in [-0.3, -0.25) is 4.99 Å². The zero-order chi connectivity index (χ0) is 13.7. The zero-order valence-electron chi connectivity index (χ0n) is 13.2. The molecule has 0 rings (SSSR count). The van der Waals surface area contributed by atoms with Gasteiger partial charge in [0.1, 0.15) is 0 Å². The van der Waals surface area contributed by atoms with E-state index in [9.17, 15) is 0 Å². The Balaban J connectivity index is 5.28. The third kappa shape index (κ3) is 4.97. The second-order valence-electron chi connectivity index (χ2n) is 5.82. The van der Waals surface area contributed by atoms with Crippen molar-refractivity contribution in [2.24, 2.45) is 4.99 Å². The number of aliphatic imine (C=N–C) groups is 1. The van der Waals surface area contributed by atoms with Crippen LogP contribution in [-0.2, 0) is 0 Å². The van der Waals surface area contributed by atoms with Crippen LogP contribution in [0.5, 0.6) is 0 Å². The monoisotopic (exact) mass is 241 g/mol. The molecule has 0 aromatic carbocycles. The first-order chi connectivity index (χ1) is 7.68. The number of rotatable bonds is 4. The van der Waals surface area contributed by atoms with Gasteiger partial charge in [-0.25, -0.2) is 0 Å². The summed E-state index contributed by atoms with van der Waals surface area (Å²) >= 11 is 0.